The van der Waals surface area contributed by atoms with Gasteiger partial charge in [-0.3, -0.25) is 4.79 Å². The van der Waals surface area contributed by atoms with Gasteiger partial charge in [0.1, 0.15) is 5.75 Å². The molecule has 0 atom stereocenters. The van der Waals surface area contributed by atoms with Crippen molar-refractivity contribution < 1.29 is 35.9 Å². The monoisotopic (exact) mass is 288 g/mol. The van der Waals surface area contributed by atoms with Gasteiger partial charge in [0.25, 0.3) is 0 Å². The van der Waals surface area contributed by atoms with Crippen LogP contribution in [0.15, 0.2) is 6.07 Å². The van der Waals surface area contributed by atoms with E-state index in [2.05, 4.69) is 9.72 Å². The van der Waals surface area contributed by atoms with Gasteiger partial charge in [0, 0.05) is 12.6 Å². The lowest BCUT2D eigenvalue weighted by Gasteiger charge is -2.15. The van der Waals surface area contributed by atoms with Crippen molar-refractivity contribution in [3.05, 3.63) is 23.0 Å². The van der Waals surface area contributed by atoms with Crippen molar-refractivity contribution in [2.45, 2.75) is 19.1 Å². The number of rotatable bonds is 3. The normalized spacial score (nSPS) is 12.4. The number of hydrogen-bond donors (Lipinski definition) is 1. The molecule has 0 unspecified atom stereocenters. The van der Waals surface area contributed by atoms with Gasteiger partial charge in [-0.05, 0) is 0 Å². The Balaban J connectivity index is 3.48. The Kier molecular flexibility index (Phi) is 4.03. The van der Waals surface area contributed by atoms with E-state index >= 15 is 0 Å². The van der Waals surface area contributed by atoms with E-state index in [1.165, 1.54) is 0 Å². The van der Waals surface area contributed by atoms with Crippen LogP contribution in [-0.4, -0.2) is 17.6 Å². The molecule has 0 aliphatic rings. The molecule has 1 aromatic rings. The molecule has 106 valence electrons. The third-order valence-electron chi connectivity index (χ3n) is 1.89. The summed E-state index contributed by atoms with van der Waals surface area (Å²) in [6.07, 6.45) is -10.8. The zero-order valence-corrected chi connectivity index (χ0v) is 8.97. The minimum absolute atomic E-state index is 0.406. The lowest BCUT2D eigenvalue weighted by molar-refractivity contribution is -0.274. The average Bonchev–Trinajstić information content (AvgIpc) is 2.24. The molecule has 0 bridgehead atoms. The van der Waals surface area contributed by atoms with Crippen LogP contribution in [0.4, 0.5) is 26.3 Å². The quantitative estimate of drug-likeness (QED) is 0.684. The van der Waals surface area contributed by atoms with Crippen molar-refractivity contribution in [2.24, 2.45) is 5.73 Å². The summed E-state index contributed by atoms with van der Waals surface area (Å²) in [6, 6.07) is 0.534. The molecule has 0 radical (unpaired) electrons. The molecule has 1 rings (SSSR count). The zero-order valence-electron chi connectivity index (χ0n) is 8.97. The van der Waals surface area contributed by atoms with Gasteiger partial charge in [0.15, 0.2) is 12.0 Å². The summed E-state index contributed by atoms with van der Waals surface area (Å²) >= 11 is 0. The minimum Gasteiger partial charge on any atom is -0.405 e. The fourth-order valence-electron chi connectivity index (χ4n) is 1.23. The number of pyridine rings is 1. The van der Waals surface area contributed by atoms with E-state index in [1.807, 2.05) is 0 Å². The second kappa shape index (κ2) is 5.03. The van der Waals surface area contributed by atoms with Crippen molar-refractivity contribution in [1.82, 2.24) is 4.98 Å². The molecule has 0 amide bonds. The predicted octanol–water partition coefficient (Wildman–Crippen LogP) is 2.27. The molecule has 1 aromatic heterocycles. The van der Waals surface area contributed by atoms with Crippen LogP contribution in [0.3, 0.4) is 0 Å². The summed E-state index contributed by atoms with van der Waals surface area (Å²) in [5, 5.41) is 0. The van der Waals surface area contributed by atoms with E-state index in [-0.39, 0.29) is 0 Å². The molecule has 0 saturated heterocycles. The average molecular weight is 288 g/mol. The van der Waals surface area contributed by atoms with Crippen LogP contribution in [0, 0.1) is 0 Å². The van der Waals surface area contributed by atoms with E-state index in [9.17, 15) is 31.1 Å². The van der Waals surface area contributed by atoms with Crippen molar-refractivity contribution in [1.29, 1.82) is 0 Å². The maximum absolute atomic E-state index is 12.6. The van der Waals surface area contributed by atoms with Gasteiger partial charge in [-0.1, -0.05) is 0 Å². The van der Waals surface area contributed by atoms with Crippen LogP contribution < -0.4 is 10.5 Å². The van der Waals surface area contributed by atoms with Crippen LogP contribution >= 0.6 is 0 Å². The maximum atomic E-state index is 12.6. The fourth-order valence-corrected chi connectivity index (χ4v) is 1.23. The lowest BCUT2D eigenvalue weighted by Crippen LogP contribution is -2.21. The number of halogens is 6. The van der Waals surface area contributed by atoms with E-state index in [0.29, 0.717) is 6.07 Å². The summed E-state index contributed by atoms with van der Waals surface area (Å²) in [7, 11) is 0. The van der Waals surface area contributed by atoms with Gasteiger partial charge >= 0.3 is 12.5 Å². The highest BCUT2D eigenvalue weighted by atomic mass is 19.4. The van der Waals surface area contributed by atoms with E-state index < -0.39 is 48.1 Å². The van der Waals surface area contributed by atoms with Crippen molar-refractivity contribution in [3.63, 3.8) is 0 Å². The molecule has 0 spiro atoms. The van der Waals surface area contributed by atoms with Gasteiger partial charge in [-0.15, -0.1) is 13.2 Å². The number of nitrogens with zero attached hydrogens (tertiary/aromatic N) is 1. The number of aldehydes is 1. The molecule has 2 N–H and O–H groups in total. The Morgan fingerprint density at radius 3 is 2.21 bits per heavy atom. The van der Waals surface area contributed by atoms with Gasteiger partial charge in [0.05, 0.1) is 11.3 Å². The highest BCUT2D eigenvalue weighted by molar-refractivity contribution is 5.81. The van der Waals surface area contributed by atoms with Gasteiger partial charge in [-0.2, -0.15) is 13.2 Å². The lowest BCUT2D eigenvalue weighted by atomic mass is 10.1. The Morgan fingerprint density at radius 1 is 1.26 bits per heavy atom. The molecular formula is C9H6F6N2O2. The number of ether oxygens (including phenoxy) is 1. The third-order valence-corrected chi connectivity index (χ3v) is 1.89. The Hall–Kier alpha value is -1.84. The van der Waals surface area contributed by atoms with Crippen molar-refractivity contribution in [3.8, 4) is 5.75 Å². The Bertz CT molecular complexity index is 483. The third kappa shape index (κ3) is 3.81. The van der Waals surface area contributed by atoms with Crippen molar-refractivity contribution in [2.75, 3.05) is 0 Å². The topological polar surface area (TPSA) is 65.2 Å². The summed E-state index contributed by atoms with van der Waals surface area (Å²) in [5.74, 6) is -1.29. The van der Waals surface area contributed by atoms with Gasteiger partial charge in [0.2, 0.25) is 0 Å². The minimum atomic E-state index is -5.24. The summed E-state index contributed by atoms with van der Waals surface area (Å²) in [6.45, 7) is -0.545. The van der Waals surface area contributed by atoms with E-state index in [4.69, 9.17) is 5.73 Å². The summed E-state index contributed by atoms with van der Waals surface area (Å²) in [4.78, 5) is 13.6. The SMILES string of the molecule is NCc1cc(OC(F)(F)F)c(C=O)c(C(F)(F)F)n1. The van der Waals surface area contributed by atoms with E-state index in [0.717, 1.165) is 0 Å². The van der Waals surface area contributed by atoms with Crippen LogP contribution in [-0.2, 0) is 12.7 Å². The molecular weight excluding hydrogens is 282 g/mol. The number of alkyl halides is 6. The van der Waals surface area contributed by atoms with Crippen LogP contribution in [0.2, 0.25) is 0 Å². The first-order chi connectivity index (χ1) is 8.58. The molecule has 0 aromatic carbocycles. The first-order valence-corrected chi connectivity index (χ1v) is 4.60. The van der Waals surface area contributed by atoms with Gasteiger partial charge in [-0.25, -0.2) is 4.98 Å². The molecule has 1 heterocycles. The number of carbonyl (C=O) groups excluding carboxylic acids is 1. The molecule has 0 aliphatic heterocycles. The Labute approximate surface area is 102 Å². The predicted molar refractivity (Wildman–Crippen MR) is 49.2 cm³/mol. The van der Waals surface area contributed by atoms with Crippen LogP contribution in [0.5, 0.6) is 5.75 Å². The molecule has 0 saturated carbocycles. The molecule has 19 heavy (non-hydrogen) atoms. The molecule has 0 fully saturated rings. The summed E-state index contributed by atoms with van der Waals surface area (Å²) < 4.78 is 77.2. The largest absolute Gasteiger partial charge is 0.573 e. The Morgan fingerprint density at radius 2 is 1.84 bits per heavy atom. The van der Waals surface area contributed by atoms with Crippen LogP contribution in [0.25, 0.3) is 0 Å². The molecule has 4 nitrogen and oxygen atoms in total. The van der Waals surface area contributed by atoms with E-state index in [1.54, 1.807) is 0 Å². The second-order valence-corrected chi connectivity index (χ2v) is 3.24. The highest BCUT2D eigenvalue weighted by Gasteiger charge is 2.40. The molecule has 0 aliphatic carbocycles. The second-order valence-electron chi connectivity index (χ2n) is 3.24. The van der Waals surface area contributed by atoms with Crippen molar-refractivity contribution >= 4 is 6.29 Å². The standard InChI is InChI=1S/C9H6F6N2O2/c10-8(11,12)7-5(3-18)6(19-9(13,14)15)1-4(2-16)17-7/h1,3H,2,16H2. The first-order valence-electron chi connectivity index (χ1n) is 4.60. The number of aromatic nitrogens is 1. The maximum Gasteiger partial charge on any atom is 0.573 e. The summed E-state index contributed by atoms with van der Waals surface area (Å²) in [5.41, 5.74) is 1.44. The number of nitrogens with two attached hydrogens (primary N) is 1. The highest BCUT2D eigenvalue weighted by Crippen LogP contribution is 2.36. The van der Waals surface area contributed by atoms with Gasteiger partial charge < -0.3 is 10.5 Å². The smallest absolute Gasteiger partial charge is 0.405 e. The first kappa shape index (κ1) is 15.2. The van der Waals surface area contributed by atoms with Crippen LogP contribution in [0.1, 0.15) is 21.7 Å². The zero-order chi connectivity index (χ0) is 14.8. The number of hydrogen-bond acceptors (Lipinski definition) is 4. The molecule has 10 heteroatoms. The number of carbonyl (C=O) groups is 1. The fraction of sp³-hybridized carbons (Fsp3) is 0.333.